The third-order valence-electron chi connectivity index (χ3n) is 4.88. The van der Waals surface area contributed by atoms with Crippen molar-refractivity contribution in [1.82, 2.24) is 9.21 Å². The Morgan fingerprint density at radius 2 is 2.00 bits per heavy atom. The highest BCUT2D eigenvalue weighted by Gasteiger charge is 2.37. The van der Waals surface area contributed by atoms with Crippen LogP contribution in [0.2, 0.25) is 5.02 Å². The number of ether oxygens (including phenoxy) is 1. The normalized spacial score (nSPS) is 17.0. The van der Waals surface area contributed by atoms with Gasteiger partial charge in [-0.1, -0.05) is 41.4 Å². The lowest BCUT2D eigenvalue weighted by atomic mass is 10.1. The predicted molar refractivity (Wildman–Crippen MR) is 108 cm³/mol. The van der Waals surface area contributed by atoms with Crippen LogP contribution in [0.5, 0.6) is 5.75 Å². The van der Waals surface area contributed by atoms with E-state index in [0.29, 0.717) is 24.5 Å². The molecule has 1 saturated heterocycles. The van der Waals surface area contributed by atoms with Gasteiger partial charge in [0.05, 0.1) is 7.11 Å². The molecule has 1 aliphatic heterocycles. The molecule has 0 N–H and O–H groups in total. The molecule has 0 amide bonds. The number of rotatable bonds is 6. The van der Waals surface area contributed by atoms with E-state index in [4.69, 9.17) is 16.3 Å². The largest absolute Gasteiger partial charge is 0.495 e. The van der Waals surface area contributed by atoms with E-state index >= 15 is 0 Å². The van der Waals surface area contributed by atoms with Crippen LogP contribution in [-0.2, 0) is 16.6 Å². The van der Waals surface area contributed by atoms with Gasteiger partial charge in [-0.15, -0.1) is 0 Å². The van der Waals surface area contributed by atoms with E-state index in [1.807, 2.05) is 31.2 Å². The molecule has 2 aromatic rings. The molecule has 2 aromatic carbocycles. The summed E-state index contributed by atoms with van der Waals surface area (Å²) in [6, 6.07) is 12.0. The fraction of sp³-hybridized carbons (Fsp3) is 0.350. The molecule has 1 unspecified atom stereocenters. The number of methoxy groups -OCH3 is 1. The van der Waals surface area contributed by atoms with Crippen LogP contribution in [0.3, 0.4) is 0 Å². The zero-order valence-electron chi connectivity index (χ0n) is 15.8. The van der Waals surface area contributed by atoms with Crippen molar-refractivity contribution >= 4 is 21.6 Å². The van der Waals surface area contributed by atoms with Crippen molar-refractivity contribution in [1.29, 1.82) is 5.26 Å². The van der Waals surface area contributed by atoms with Crippen molar-refractivity contribution < 1.29 is 13.2 Å². The van der Waals surface area contributed by atoms with Gasteiger partial charge in [-0.2, -0.15) is 9.57 Å². The molecule has 8 heteroatoms. The molecular weight excluding hydrogens is 398 g/mol. The number of halogens is 1. The Bertz CT molecular complexity index is 987. The van der Waals surface area contributed by atoms with Gasteiger partial charge in [0.1, 0.15) is 10.6 Å². The molecule has 1 heterocycles. The molecule has 1 atom stereocenters. The number of aryl methyl sites for hydroxylation is 1. The maximum Gasteiger partial charge on any atom is 0.247 e. The fourth-order valence-corrected chi connectivity index (χ4v) is 5.38. The van der Waals surface area contributed by atoms with Crippen molar-refractivity contribution in [2.24, 2.45) is 0 Å². The minimum atomic E-state index is -3.90. The molecule has 0 bridgehead atoms. The Morgan fingerprint density at radius 3 is 2.61 bits per heavy atom. The van der Waals surface area contributed by atoms with Crippen molar-refractivity contribution in [3.05, 3.63) is 58.6 Å². The first-order chi connectivity index (χ1) is 13.3. The third-order valence-corrected chi connectivity index (χ3v) is 7.04. The summed E-state index contributed by atoms with van der Waals surface area (Å²) in [5.41, 5.74) is 1.98. The molecule has 6 nitrogen and oxygen atoms in total. The van der Waals surface area contributed by atoms with Gasteiger partial charge in [-0.25, -0.2) is 8.42 Å². The molecule has 0 radical (unpaired) electrons. The van der Waals surface area contributed by atoms with E-state index in [1.165, 1.54) is 17.5 Å². The second-order valence-corrected chi connectivity index (χ2v) is 9.11. The highest BCUT2D eigenvalue weighted by atomic mass is 35.5. The van der Waals surface area contributed by atoms with Crippen molar-refractivity contribution in [3.8, 4) is 11.9 Å². The van der Waals surface area contributed by atoms with E-state index in [1.54, 1.807) is 17.0 Å². The van der Waals surface area contributed by atoms with E-state index in [9.17, 15) is 13.7 Å². The Morgan fingerprint density at radius 1 is 1.29 bits per heavy atom. The first-order valence-corrected chi connectivity index (χ1v) is 10.7. The summed E-state index contributed by atoms with van der Waals surface area (Å²) in [4.78, 5) is 1.61. The minimum Gasteiger partial charge on any atom is -0.495 e. The molecule has 0 aliphatic carbocycles. The summed E-state index contributed by atoms with van der Waals surface area (Å²) in [7, 11) is -2.47. The monoisotopic (exact) mass is 419 g/mol. The second kappa shape index (κ2) is 8.39. The van der Waals surface area contributed by atoms with Gasteiger partial charge >= 0.3 is 0 Å². The van der Waals surface area contributed by atoms with Gasteiger partial charge < -0.3 is 9.64 Å². The van der Waals surface area contributed by atoms with Gasteiger partial charge in [0, 0.05) is 30.7 Å². The number of benzene rings is 2. The Balaban J connectivity index is 2.03. The Labute approximate surface area is 170 Å². The van der Waals surface area contributed by atoms with E-state index in [0.717, 1.165) is 11.1 Å². The van der Waals surface area contributed by atoms with E-state index < -0.39 is 10.0 Å². The quantitative estimate of drug-likeness (QED) is 0.671. The molecule has 0 aromatic heterocycles. The smallest absolute Gasteiger partial charge is 0.247 e. The summed E-state index contributed by atoms with van der Waals surface area (Å²) < 4.78 is 33.9. The molecule has 1 aliphatic rings. The van der Waals surface area contributed by atoms with Crippen molar-refractivity contribution in [2.75, 3.05) is 20.2 Å². The van der Waals surface area contributed by atoms with Crippen molar-refractivity contribution in [2.45, 2.75) is 30.8 Å². The number of nitriles is 1. The van der Waals surface area contributed by atoms with Gasteiger partial charge in [0.2, 0.25) is 10.0 Å². The molecule has 0 spiro atoms. The third kappa shape index (κ3) is 4.25. The lowest BCUT2D eigenvalue weighted by molar-refractivity contribution is 0.312. The second-order valence-electron chi connectivity index (χ2n) is 6.82. The number of sulfonamides is 1. The molecule has 28 heavy (non-hydrogen) atoms. The lowest BCUT2D eigenvalue weighted by Crippen LogP contribution is -2.41. The average molecular weight is 420 g/mol. The fourth-order valence-electron chi connectivity index (χ4n) is 3.33. The summed E-state index contributed by atoms with van der Waals surface area (Å²) in [5, 5.41) is 9.51. The van der Waals surface area contributed by atoms with Crippen LogP contribution in [0, 0.1) is 18.4 Å². The molecule has 3 rings (SSSR count). The number of nitrogens with zero attached hydrogens (tertiary/aromatic N) is 3. The summed E-state index contributed by atoms with van der Waals surface area (Å²) in [5.74, 6) is 0.244. The van der Waals surface area contributed by atoms with E-state index in [2.05, 4.69) is 6.19 Å². The molecule has 148 valence electrons. The zero-order valence-corrected chi connectivity index (χ0v) is 17.4. The van der Waals surface area contributed by atoms with Gasteiger partial charge in [0.25, 0.3) is 0 Å². The van der Waals surface area contributed by atoms with Crippen LogP contribution >= 0.6 is 11.6 Å². The highest BCUT2D eigenvalue weighted by molar-refractivity contribution is 7.89. The SMILES string of the molecule is COc1ccc(Cl)cc1S(=O)(=O)N(Cc1ccc(C)cc1)C1CCN(C#N)C1. The maximum atomic E-state index is 13.6. The molecular formula is C20H22ClN3O3S. The van der Waals surface area contributed by atoms with Crippen LogP contribution in [-0.4, -0.2) is 43.9 Å². The van der Waals surface area contributed by atoms with Crippen LogP contribution in [0.1, 0.15) is 17.5 Å². The number of likely N-dealkylation sites (tertiary alicyclic amines) is 1. The van der Waals surface area contributed by atoms with Gasteiger partial charge in [-0.3, -0.25) is 0 Å². The topological polar surface area (TPSA) is 73.6 Å². The Hall–Kier alpha value is -2.27. The molecule has 1 fully saturated rings. The van der Waals surface area contributed by atoms with E-state index in [-0.39, 0.29) is 23.2 Å². The number of hydrogen-bond acceptors (Lipinski definition) is 5. The maximum absolute atomic E-state index is 13.6. The lowest BCUT2D eigenvalue weighted by Gasteiger charge is -2.28. The Kier molecular flexibility index (Phi) is 6.14. The van der Waals surface area contributed by atoms with Crippen LogP contribution < -0.4 is 4.74 Å². The standard InChI is InChI=1S/C20H22ClN3O3S/c1-15-3-5-16(6-4-15)12-24(18-9-10-23(13-18)14-22)28(25,26)20-11-17(21)7-8-19(20)27-2/h3-8,11,18H,9-10,12-13H2,1-2H3. The zero-order chi connectivity index (χ0) is 20.3. The average Bonchev–Trinajstić information content (AvgIpc) is 3.16. The highest BCUT2D eigenvalue weighted by Crippen LogP contribution is 2.33. The van der Waals surface area contributed by atoms with Crippen LogP contribution in [0.15, 0.2) is 47.4 Å². The van der Waals surface area contributed by atoms with Crippen molar-refractivity contribution in [3.63, 3.8) is 0 Å². The number of hydrogen-bond donors (Lipinski definition) is 0. The summed E-state index contributed by atoms with van der Waals surface area (Å²) >= 11 is 6.08. The summed E-state index contributed by atoms with van der Waals surface area (Å²) in [6.07, 6.45) is 2.69. The van der Waals surface area contributed by atoms with Crippen LogP contribution in [0.4, 0.5) is 0 Å². The summed E-state index contributed by atoms with van der Waals surface area (Å²) in [6.45, 7) is 3.09. The van der Waals surface area contributed by atoms with Gasteiger partial charge in [0.15, 0.2) is 6.19 Å². The van der Waals surface area contributed by atoms with Gasteiger partial charge in [-0.05, 0) is 37.1 Å². The first-order valence-electron chi connectivity index (χ1n) is 8.90. The van der Waals surface area contributed by atoms with Crippen LogP contribution in [0.25, 0.3) is 0 Å². The first kappa shape index (κ1) is 20.5. The predicted octanol–water partition coefficient (Wildman–Crippen LogP) is 3.40. The molecule has 0 saturated carbocycles. The minimum absolute atomic E-state index is 0.0324.